The van der Waals surface area contributed by atoms with Crippen molar-refractivity contribution in [2.75, 3.05) is 11.4 Å². The van der Waals surface area contributed by atoms with E-state index in [0.717, 1.165) is 47.5 Å². The monoisotopic (exact) mass is 375 g/mol. The van der Waals surface area contributed by atoms with Gasteiger partial charge in [0.25, 0.3) is 0 Å². The summed E-state index contributed by atoms with van der Waals surface area (Å²) >= 11 is 0. The maximum Gasteiger partial charge on any atom is 0.414 e. The summed E-state index contributed by atoms with van der Waals surface area (Å²) in [5.74, 6) is 0.248. The van der Waals surface area contributed by atoms with Crippen LogP contribution in [0.3, 0.4) is 0 Å². The van der Waals surface area contributed by atoms with Crippen molar-refractivity contribution in [2.24, 2.45) is 0 Å². The first-order valence-corrected chi connectivity index (χ1v) is 9.58. The molecule has 1 amide bonds. The second-order valence-electron chi connectivity index (χ2n) is 7.47. The Morgan fingerprint density at radius 1 is 1.18 bits per heavy atom. The lowest BCUT2D eigenvalue weighted by atomic mass is 9.99. The third kappa shape index (κ3) is 2.72. The zero-order valence-corrected chi connectivity index (χ0v) is 15.6. The molecular formula is C22H21N3O3. The highest BCUT2D eigenvalue weighted by molar-refractivity contribution is 5.90. The normalized spacial score (nSPS) is 18.4. The van der Waals surface area contributed by atoms with Crippen molar-refractivity contribution in [3.63, 3.8) is 0 Å². The number of carbonyl (C=O) groups is 1. The van der Waals surface area contributed by atoms with Crippen LogP contribution in [-0.4, -0.2) is 34.0 Å². The number of aromatic hydroxyl groups is 1. The number of anilines is 1. The summed E-state index contributed by atoms with van der Waals surface area (Å²) in [5, 5.41) is 17.3. The van der Waals surface area contributed by atoms with E-state index in [0.29, 0.717) is 6.54 Å². The molecule has 1 saturated heterocycles. The lowest BCUT2D eigenvalue weighted by molar-refractivity contribution is 0.150. The van der Waals surface area contributed by atoms with Gasteiger partial charge in [-0.05, 0) is 68.1 Å². The molecule has 2 heterocycles. The number of hydrogen-bond donors (Lipinski definition) is 2. The minimum Gasteiger partial charge on any atom is -0.508 e. The smallest absolute Gasteiger partial charge is 0.414 e. The third-order valence-electron chi connectivity index (χ3n) is 5.51. The quantitative estimate of drug-likeness (QED) is 0.701. The molecule has 2 N–H and O–H groups in total. The molecule has 2 aromatic carbocycles. The third-order valence-corrected chi connectivity index (χ3v) is 5.51. The van der Waals surface area contributed by atoms with Crippen LogP contribution in [-0.2, 0) is 17.6 Å². The first-order valence-electron chi connectivity index (χ1n) is 9.58. The number of aromatic amines is 1. The topological polar surface area (TPSA) is 78.5 Å². The van der Waals surface area contributed by atoms with E-state index in [1.165, 1.54) is 11.1 Å². The predicted molar refractivity (Wildman–Crippen MR) is 106 cm³/mol. The maximum atomic E-state index is 12.1. The van der Waals surface area contributed by atoms with Crippen LogP contribution in [0, 0.1) is 0 Å². The highest BCUT2D eigenvalue weighted by atomic mass is 16.6. The summed E-state index contributed by atoms with van der Waals surface area (Å²) in [7, 11) is 0. The van der Waals surface area contributed by atoms with Gasteiger partial charge in [-0.25, -0.2) is 4.79 Å². The number of cyclic esters (lactones) is 1. The Labute approximate surface area is 162 Å². The summed E-state index contributed by atoms with van der Waals surface area (Å²) in [6.45, 7) is 2.49. The van der Waals surface area contributed by atoms with Gasteiger partial charge in [0.1, 0.15) is 11.9 Å². The van der Waals surface area contributed by atoms with E-state index in [1.807, 2.05) is 25.1 Å². The molecule has 1 fully saturated rings. The van der Waals surface area contributed by atoms with Gasteiger partial charge in [-0.2, -0.15) is 5.10 Å². The van der Waals surface area contributed by atoms with Crippen LogP contribution in [0.25, 0.3) is 22.5 Å². The molecule has 0 saturated carbocycles. The zero-order chi connectivity index (χ0) is 19.3. The van der Waals surface area contributed by atoms with Gasteiger partial charge in [-0.15, -0.1) is 0 Å². The molecule has 1 atom stereocenters. The average Bonchev–Trinajstić information content (AvgIpc) is 3.20. The van der Waals surface area contributed by atoms with Crippen LogP contribution in [0.4, 0.5) is 10.5 Å². The van der Waals surface area contributed by atoms with Crippen molar-refractivity contribution in [2.45, 2.75) is 32.3 Å². The zero-order valence-electron chi connectivity index (χ0n) is 15.6. The molecule has 5 rings (SSSR count). The molecular weight excluding hydrogens is 354 g/mol. The fraction of sp³-hybridized carbons (Fsp3) is 0.273. The van der Waals surface area contributed by atoms with Crippen molar-refractivity contribution < 1.29 is 14.6 Å². The maximum absolute atomic E-state index is 12.1. The predicted octanol–water partition coefficient (Wildman–Crippen LogP) is 4.28. The summed E-state index contributed by atoms with van der Waals surface area (Å²) in [4.78, 5) is 13.8. The van der Waals surface area contributed by atoms with Crippen molar-refractivity contribution in [1.29, 1.82) is 0 Å². The van der Waals surface area contributed by atoms with Gasteiger partial charge in [-0.1, -0.05) is 6.07 Å². The summed E-state index contributed by atoms with van der Waals surface area (Å²) in [6.07, 6.45) is 2.51. The summed E-state index contributed by atoms with van der Waals surface area (Å²) in [6, 6.07) is 13.3. The fourth-order valence-electron chi connectivity index (χ4n) is 4.16. The van der Waals surface area contributed by atoms with Gasteiger partial charge >= 0.3 is 6.09 Å². The van der Waals surface area contributed by atoms with Gasteiger partial charge in [0.2, 0.25) is 0 Å². The first kappa shape index (κ1) is 16.9. The van der Waals surface area contributed by atoms with Crippen LogP contribution in [0.1, 0.15) is 24.5 Å². The number of nitrogens with one attached hydrogen (secondary N) is 1. The average molecular weight is 375 g/mol. The number of ether oxygens (including phenoxy) is 1. The number of amides is 1. The second kappa shape index (κ2) is 6.41. The van der Waals surface area contributed by atoms with Crippen LogP contribution in [0.5, 0.6) is 5.75 Å². The van der Waals surface area contributed by atoms with E-state index >= 15 is 0 Å². The van der Waals surface area contributed by atoms with Gasteiger partial charge in [0.15, 0.2) is 0 Å². The number of rotatable bonds is 2. The van der Waals surface area contributed by atoms with E-state index in [2.05, 4.69) is 22.3 Å². The second-order valence-corrected chi connectivity index (χ2v) is 7.47. The molecule has 6 heteroatoms. The number of nitrogens with zero attached hydrogens (tertiary/aromatic N) is 2. The SMILES string of the molecule is CC1CN(c2ccc3c(c2)CCCc2c(-c4ccc(O)cc4)n[nH]c2-3)C(=O)O1. The largest absolute Gasteiger partial charge is 0.508 e. The lowest BCUT2D eigenvalue weighted by Gasteiger charge is -2.15. The van der Waals surface area contributed by atoms with E-state index in [4.69, 9.17) is 4.74 Å². The number of phenolic OH excluding ortho intramolecular Hbond substituents is 1. The Morgan fingerprint density at radius 2 is 2.00 bits per heavy atom. The number of carbonyl (C=O) groups excluding carboxylic acids is 1. The van der Waals surface area contributed by atoms with E-state index in [9.17, 15) is 9.90 Å². The molecule has 2 aliphatic rings. The molecule has 1 aliphatic heterocycles. The molecule has 0 radical (unpaired) electrons. The molecule has 1 aliphatic carbocycles. The fourth-order valence-corrected chi connectivity index (χ4v) is 4.16. The summed E-state index contributed by atoms with van der Waals surface area (Å²) in [5.41, 5.74) is 7.40. The van der Waals surface area contributed by atoms with Crippen LogP contribution in [0.2, 0.25) is 0 Å². The molecule has 28 heavy (non-hydrogen) atoms. The summed E-state index contributed by atoms with van der Waals surface area (Å²) < 4.78 is 5.27. The molecule has 1 unspecified atom stereocenters. The van der Waals surface area contributed by atoms with Crippen LogP contribution < -0.4 is 4.90 Å². The Morgan fingerprint density at radius 3 is 2.75 bits per heavy atom. The minimum absolute atomic E-state index is 0.0848. The van der Waals surface area contributed by atoms with Gasteiger partial charge in [0.05, 0.1) is 17.9 Å². The molecule has 142 valence electrons. The van der Waals surface area contributed by atoms with E-state index in [-0.39, 0.29) is 17.9 Å². The number of benzene rings is 2. The highest BCUT2D eigenvalue weighted by Gasteiger charge is 2.30. The van der Waals surface area contributed by atoms with Gasteiger partial charge in [-0.3, -0.25) is 10.00 Å². The highest BCUT2D eigenvalue weighted by Crippen LogP contribution is 2.38. The lowest BCUT2D eigenvalue weighted by Crippen LogP contribution is -2.24. The van der Waals surface area contributed by atoms with Crippen molar-refractivity contribution in [3.05, 3.63) is 53.6 Å². The van der Waals surface area contributed by atoms with Gasteiger partial charge in [0, 0.05) is 22.4 Å². The number of aromatic nitrogens is 2. The number of aryl methyl sites for hydroxylation is 1. The van der Waals surface area contributed by atoms with E-state index < -0.39 is 0 Å². The Hall–Kier alpha value is -3.28. The molecule has 0 spiro atoms. The Bertz CT molecular complexity index is 1060. The molecule has 3 aromatic rings. The van der Waals surface area contributed by atoms with E-state index in [1.54, 1.807) is 17.0 Å². The number of fused-ring (bicyclic) bond motifs is 3. The van der Waals surface area contributed by atoms with Crippen molar-refractivity contribution >= 4 is 11.8 Å². The first-order chi connectivity index (χ1) is 13.6. The Balaban J connectivity index is 1.55. The minimum atomic E-state index is -0.280. The van der Waals surface area contributed by atoms with Crippen molar-refractivity contribution in [1.82, 2.24) is 10.2 Å². The van der Waals surface area contributed by atoms with Crippen molar-refractivity contribution in [3.8, 4) is 28.3 Å². The van der Waals surface area contributed by atoms with Crippen LogP contribution >= 0.6 is 0 Å². The molecule has 0 bridgehead atoms. The standard InChI is InChI=1S/C22H21N3O3/c1-13-12-25(22(27)28-13)16-7-10-18-15(11-16)3-2-4-19-20(23-24-21(18)19)14-5-8-17(26)9-6-14/h5-11,13,26H,2-4,12H2,1H3,(H,23,24). The molecule has 1 aromatic heterocycles. The number of hydrogen-bond acceptors (Lipinski definition) is 4. The molecule has 6 nitrogen and oxygen atoms in total. The number of H-pyrrole nitrogens is 1. The number of phenols is 1. The van der Waals surface area contributed by atoms with Gasteiger partial charge < -0.3 is 9.84 Å². The Kier molecular flexibility index (Phi) is 3.86. The van der Waals surface area contributed by atoms with Crippen LogP contribution in [0.15, 0.2) is 42.5 Å².